The van der Waals surface area contributed by atoms with Gasteiger partial charge >= 0.3 is 12.0 Å². The highest BCUT2D eigenvalue weighted by Gasteiger charge is 2.18. The first-order valence-electron chi connectivity index (χ1n) is 6.42. The predicted molar refractivity (Wildman–Crippen MR) is 72.0 cm³/mol. The Hall–Kier alpha value is -2.12. The summed E-state index contributed by atoms with van der Waals surface area (Å²) in [6.07, 6.45) is 1.50. The van der Waals surface area contributed by atoms with Crippen LogP contribution in [0.5, 0.6) is 0 Å². The van der Waals surface area contributed by atoms with Gasteiger partial charge in [0.1, 0.15) is 12.2 Å². The van der Waals surface area contributed by atoms with E-state index in [9.17, 15) is 9.59 Å². The molecule has 0 aliphatic heterocycles. The van der Waals surface area contributed by atoms with Crippen LogP contribution in [0, 0.1) is 5.92 Å². The van der Waals surface area contributed by atoms with Crippen molar-refractivity contribution in [3.8, 4) is 0 Å². The van der Waals surface area contributed by atoms with E-state index in [0.29, 0.717) is 11.6 Å². The number of carbonyl (C=O) groups excluding carboxylic acids is 1. The van der Waals surface area contributed by atoms with Crippen LogP contribution in [-0.2, 0) is 17.9 Å². The Balaban J connectivity index is 2.48. The molecule has 0 saturated carbocycles. The topological polar surface area (TPSA) is 100 Å². The number of urea groups is 1. The zero-order valence-corrected chi connectivity index (χ0v) is 12.2. The molecule has 0 fully saturated rings. The third-order valence-corrected chi connectivity index (χ3v) is 3.20. The van der Waals surface area contributed by atoms with E-state index in [1.54, 1.807) is 11.9 Å². The van der Waals surface area contributed by atoms with Crippen LogP contribution in [-0.4, -0.2) is 50.1 Å². The van der Waals surface area contributed by atoms with Crippen molar-refractivity contribution in [2.24, 2.45) is 5.92 Å². The van der Waals surface area contributed by atoms with Gasteiger partial charge in [0.05, 0.1) is 12.7 Å². The fourth-order valence-electron chi connectivity index (χ4n) is 1.56. The van der Waals surface area contributed by atoms with E-state index in [0.717, 1.165) is 0 Å². The Kier molecular flexibility index (Phi) is 5.48. The summed E-state index contributed by atoms with van der Waals surface area (Å²) < 4.78 is 1.21. The lowest BCUT2D eigenvalue weighted by atomic mass is 10.1. The molecule has 0 spiro atoms. The quantitative estimate of drug-likeness (QED) is 0.794. The molecule has 2 N–H and O–H groups in total. The van der Waals surface area contributed by atoms with E-state index in [1.807, 2.05) is 20.8 Å². The maximum atomic E-state index is 11.9. The first-order valence-corrected chi connectivity index (χ1v) is 6.42. The van der Waals surface area contributed by atoms with Crippen LogP contribution < -0.4 is 5.32 Å². The van der Waals surface area contributed by atoms with Gasteiger partial charge in [0.2, 0.25) is 0 Å². The normalized spacial score (nSPS) is 12.2. The second-order valence-corrected chi connectivity index (χ2v) is 5.06. The summed E-state index contributed by atoms with van der Waals surface area (Å²) in [6, 6.07) is -0.0725. The third-order valence-electron chi connectivity index (χ3n) is 3.20. The van der Waals surface area contributed by atoms with Crippen molar-refractivity contribution in [1.82, 2.24) is 25.2 Å². The highest BCUT2D eigenvalue weighted by atomic mass is 16.4. The fraction of sp³-hybridized carbons (Fsp3) is 0.667. The van der Waals surface area contributed by atoms with Crippen LogP contribution >= 0.6 is 0 Å². The van der Waals surface area contributed by atoms with E-state index < -0.39 is 5.97 Å². The molecule has 8 heteroatoms. The number of hydrogen-bond acceptors (Lipinski definition) is 4. The van der Waals surface area contributed by atoms with Gasteiger partial charge in [-0.25, -0.2) is 9.48 Å². The Morgan fingerprint density at radius 1 is 1.45 bits per heavy atom. The second-order valence-electron chi connectivity index (χ2n) is 5.06. The average Bonchev–Trinajstić information content (AvgIpc) is 2.80. The van der Waals surface area contributed by atoms with Crippen molar-refractivity contribution >= 4 is 12.0 Å². The minimum Gasteiger partial charge on any atom is -0.480 e. The van der Waals surface area contributed by atoms with Gasteiger partial charge in [-0.1, -0.05) is 19.1 Å². The monoisotopic (exact) mass is 283 g/mol. The molecule has 1 unspecified atom stereocenters. The average molecular weight is 283 g/mol. The molecule has 20 heavy (non-hydrogen) atoms. The molecule has 0 bridgehead atoms. The molecule has 0 saturated heterocycles. The van der Waals surface area contributed by atoms with Crippen molar-refractivity contribution in [2.75, 3.05) is 7.05 Å². The first kappa shape index (κ1) is 15.9. The summed E-state index contributed by atoms with van der Waals surface area (Å²) in [7, 11) is 1.74. The zero-order chi connectivity index (χ0) is 15.3. The smallest absolute Gasteiger partial charge is 0.325 e. The standard InChI is InChI=1S/C12H21N5O3/c1-8(2)9(3)16(4)12(20)13-5-10-6-17(15-14-10)7-11(18)19/h6,8-9H,5,7H2,1-4H3,(H,13,20)(H,18,19). The van der Waals surface area contributed by atoms with Crippen LogP contribution in [0.15, 0.2) is 6.20 Å². The lowest BCUT2D eigenvalue weighted by molar-refractivity contribution is -0.137. The van der Waals surface area contributed by atoms with Gasteiger partial charge in [-0.15, -0.1) is 5.10 Å². The molecular formula is C12H21N5O3. The van der Waals surface area contributed by atoms with E-state index in [2.05, 4.69) is 15.6 Å². The van der Waals surface area contributed by atoms with Gasteiger partial charge in [0.25, 0.3) is 0 Å². The molecule has 1 atom stereocenters. The number of carboxylic acid groups (broad SMARTS) is 1. The molecule has 0 aliphatic rings. The maximum absolute atomic E-state index is 11.9. The highest BCUT2D eigenvalue weighted by molar-refractivity contribution is 5.74. The van der Waals surface area contributed by atoms with Crippen LogP contribution in [0.2, 0.25) is 0 Å². The van der Waals surface area contributed by atoms with E-state index in [4.69, 9.17) is 5.11 Å². The van der Waals surface area contributed by atoms with Gasteiger partial charge in [0.15, 0.2) is 0 Å². The van der Waals surface area contributed by atoms with Gasteiger partial charge in [0, 0.05) is 13.1 Å². The van der Waals surface area contributed by atoms with Crippen molar-refractivity contribution in [3.05, 3.63) is 11.9 Å². The number of amides is 2. The van der Waals surface area contributed by atoms with Crippen molar-refractivity contribution in [1.29, 1.82) is 0 Å². The second kappa shape index (κ2) is 6.88. The van der Waals surface area contributed by atoms with E-state index in [-0.39, 0.29) is 25.2 Å². The number of nitrogens with zero attached hydrogens (tertiary/aromatic N) is 4. The summed E-state index contributed by atoms with van der Waals surface area (Å²) in [6.45, 7) is 6.05. The van der Waals surface area contributed by atoms with Crippen LogP contribution in [0.25, 0.3) is 0 Å². The molecule has 0 radical (unpaired) electrons. The lowest BCUT2D eigenvalue weighted by Gasteiger charge is -2.27. The maximum Gasteiger partial charge on any atom is 0.325 e. The number of nitrogens with one attached hydrogen (secondary N) is 1. The molecule has 8 nitrogen and oxygen atoms in total. The summed E-state index contributed by atoms with van der Waals surface area (Å²) in [5.74, 6) is -0.627. The summed E-state index contributed by atoms with van der Waals surface area (Å²) in [4.78, 5) is 24.1. The summed E-state index contributed by atoms with van der Waals surface area (Å²) >= 11 is 0. The number of carboxylic acids is 1. The van der Waals surface area contributed by atoms with Crippen LogP contribution in [0.4, 0.5) is 4.79 Å². The number of aliphatic carboxylic acids is 1. The van der Waals surface area contributed by atoms with Crippen molar-refractivity contribution in [3.63, 3.8) is 0 Å². The minimum absolute atomic E-state index is 0.123. The van der Waals surface area contributed by atoms with Gasteiger partial charge in [-0.3, -0.25) is 4.79 Å². The molecule has 112 valence electrons. The number of carbonyl (C=O) groups is 2. The Morgan fingerprint density at radius 3 is 2.65 bits per heavy atom. The molecule has 0 aliphatic carbocycles. The van der Waals surface area contributed by atoms with Gasteiger partial charge in [-0.05, 0) is 12.8 Å². The first-order chi connectivity index (χ1) is 9.31. The number of hydrogen-bond donors (Lipinski definition) is 2. The molecular weight excluding hydrogens is 262 g/mol. The summed E-state index contributed by atoms with van der Waals surface area (Å²) in [5.41, 5.74) is 0.519. The molecule has 1 aromatic heterocycles. The minimum atomic E-state index is -0.990. The SMILES string of the molecule is CC(C)C(C)N(C)C(=O)NCc1cn(CC(=O)O)nn1. The Labute approximate surface area is 117 Å². The van der Waals surface area contributed by atoms with Crippen molar-refractivity contribution in [2.45, 2.75) is 39.9 Å². The molecule has 0 aromatic carbocycles. The largest absolute Gasteiger partial charge is 0.480 e. The van der Waals surface area contributed by atoms with E-state index >= 15 is 0 Å². The van der Waals surface area contributed by atoms with Gasteiger partial charge < -0.3 is 15.3 Å². The van der Waals surface area contributed by atoms with Gasteiger partial charge in [-0.2, -0.15) is 0 Å². The predicted octanol–water partition coefficient (Wildman–Crippen LogP) is 0.549. The van der Waals surface area contributed by atoms with Crippen LogP contribution in [0.1, 0.15) is 26.5 Å². The zero-order valence-electron chi connectivity index (χ0n) is 12.2. The Morgan fingerprint density at radius 2 is 2.10 bits per heavy atom. The molecule has 1 heterocycles. The van der Waals surface area contributed by atoms with Crippen LogP contribution in [0.3, 0.4) is 0 Å². The van der Waals surface area contributed by atoms with E-state index in [1.165, 1.54) is 10.9 Å². The molecule has 2 amide bonds. The fourth-order valence-corrected chi connectivity index (χ4v) is 1.56. The summed E-state index contributed by atoms with van der Waals surface area (Å²) in [5, 5.41) is 18.8. The highest BCUT2D eigenvalue weighted by Crippen LogP contribution is 2.08. The number of rotatable bonds is 6. The third kappa shape index (κ3) is 4.52. The van der Waals surface area contributed by atoms with Crippen molar-refractivity contribution < 1.29 is 14.7 Å². The lowest BCUT2D eigenvalue weighted by Crippen LogP contribution is -2.44. The molecule has 1 aromatic rings. The molecule has 1 rings (SSSR count). The Bertz CT molecular complexity index is 471. The number of aromatic nitrogens is 3.